The second-order valence-electron chi connectivity index (χ2n) is 7.51. The van der Waals surface area contributed by atoms with E-state index in [0.29, 0.717) is 24.0 Å². The highest BCUT2D eigenvalue weighted by Crippen LogP contribution is 2.38. The Morgan fingerprint density at radius 2 is 1.93 bits per heavy atom. The molecule has 2 amide bonds. The molecule has 0 radical (unpaired) electrons. The molecule has 1 aliphatic heterocycles. The lowest BCUT2D eigenvalue weighted by Gasteiger charge is -2.42. The summed E-state index contributed by atoms with van der Waals surface area (Å²) in [6.45, 7) is 6.62. The molecule has 0 saturated carbocycles. The molecule has 142 valence electrons. The molecule has 3 rings (SSSR count). The van der Waals surface area contributed by atoms with Crippen molar-refractivity contribution < 1.29 is 9.59 Å². The molecule has 6 heteroatoms. The number of aryl methyl sites for hydroxylation is 1. The summed E-state index contributed by atoms with van der Waals surface area (Å²) < 4.78 is 0. The number of nitrogens with two attached hydrogens (primary N) is 1. The number of rotatable bonds is 2. The number of likely N-dealkylation sites (tertiary alicyclic amines) is 1. The number of carbonyl (C=O) groups is 2. The number of hydrogen-bond acceptors (Lipinski definition) is 4. The molecule has 1 aromatic heterocycles. The second-order valence-corrected chi connectivity index (χ2v) is 7.51. The summed E-state index contributed by atoms with van der Waals surface area (Å²) in [7, 11) is 0. The average Bonchev–Trinajstić information content (AvgIpc) is 2.64. The van der Waals surface area contributed by atoms with Gasteiger partial charge in [0, 0.05) is 6.54 Å². The molecule has 2 heterocycles. The highest BCUT2D eigenvalue weighted by Gasteiger charge is 2.38. The molecule has 0 bridgehead atoms. The van der Waals surface area contributed by atoms with Crippen LogP contribution in [0.3, 0.4) is 0 Å². The van der Waals surface area contributed by atoms with Gasteiger partial charge < -0.3 is 16.0 Å². The lowest BCUT2D eigenvalue weighted by molar-refractivity contribution is -0.147. The monoisotopic (exact) mass is 366 g/mol. The van der Waals surface area contributed by atoms with Crippen LogP contribution in [0.1, 0.15) is 37.4 Å². The fourth-order valence-corrected chi connectivity index (χ4v) is 3.93. The molecule has 1 fully saturated rings. The zero-order valence-electron chi connectivity index (χ0n) is 16.0. The third-order valence-electron chi connectivity index (χ3n) is 5.13. The van der Waals surface area contributed by atoms with Crippen LogP contribution in [0.2, 0.25) is 0 Å². The number of anilines is 2. The fraction of sp³-hybridized carbons (Fsp3) is 0.381. The molecule has 27 heavy (non-hydrogen) atoms. The van der Waals surface area contributed by atoms with E-state index in [1.807, 2.05) is 30.3 Å². The summed E-state index contributed by atoms with van der Waals surface area (Å²) in [5, 5.41) is 2.66. The number of nitrogen functional groups attached to an aromatic ring is 1. The highest BCUT2D eigenvalue weighted by atomic mass is 16.2. The number of benzene rings is 1. The Balaban J connectivity index is 1.83. The molecule has 6 nitrogen and oxygen atoms in total. The van der Waals surface area contributed by atoms with Gasteiger partial charge in [0.25, 0.3) is 0 Å². The van der Waals surface area contributed by atoms with Crippen LogP contribution in [-0.4, -0.2) is 28.2 Å². The van der Waals surface area contributed by atoms with Crippen LogP contribution in [0.15, 0.2) is 42.6 Å². The number of carbonyl (C=O) groups excluding carboxylic acids is 2. The molecule has 1 aliphatic rings. The number of aromatic nitrogens is 1. The van der Waals surface area contributed by atoms with Gasteiger partial charge in [-0.25, -0.2) is 4.98 Å². The van der Waals surface area contributed by atoms with Crippen LogP contribution in [-0.2, 0) is 9.59 Å². The van der Waals surface area contributed by atoms with Crippen molar-refractivity contribution in [3.8, 4) is 0 Å². The molecule has 1 aromatic carbocycles. The quantitative estimate of drug-likeness (QED) is 0.799. The van der Waals surface area contributed by atoms with Gasteiger partial charge in [-0.05, 0) is 42.4 Å². The maximum absolute atomic E-state index is 13.0. The molecule has 0 spiro atoms. The molecule has 0 aliphatic carbocycles. The van der Waals surface area contributed by atoms with E-state index in [4.69, 9.17) is 5.73 Å². The Hall–Kier alpha value is -2.89. The van der Waals surface area contributed by atoms with Gasteiger partial charge in [-0.1, -0.05) is 44.2 Å². The van der Waals surface area contributed by atoms with Crippen molar-refractivity contribution >= 4 is 23.3 Å². The van der Waals surface area contributed by atoms with Crippen molar-refractivity contribution in [3.05, 3.63) is 53.7 Å². The first-order valence-corrected chi connectivity index (χ1v) is 9.25. The smallest absolute Gasteiger partial charge is 0.313 e. The summed E-state index contributed by atoms with van der Waals surface area (Å²) in [5.74, 6) is -0.146. The van der Waals surface area contributed by atoms with Crippen molar-refractivity contribution in [2.45, 2.75) is 33.2 Å². The van der Waals surface area contributed by atoms with E-state index in [0.717, 1.165) is 17.5 Å². The van der Waals surface area contributed by atoms with Gasteiger partial charge >= 0.3 is 11.8 Å². The molecule has 3 atom stereocenters. The molecule has 3 unspecified atom stereocenters. The normalized spacial score (nSPS) is 22.3. The number of nitrogens with zero attached hydrogens (tertiary/aromatic N) is 2. The van der Waals surface area contributed by atoms with Gasteiger partial charge in [0.1, 0.15) is 5.82 Å². The molecule has 1 saturated heterocycles. The zero-order chi connectivity index (χ0) is 19.6. The zero-order valence-corrected chi connectivity index (χ0v) is 16.0. The van der Waals surface area contributed by atoms with Crippen molar-refractivity contribution in [2.75, 3.05) is 17.6 Å². The Morgan fingerprint density at radius 3 is 2.59 bits per heavy atom. The number of hydrogen-bond donors (Lipinski definition) is 2. The van der Waals surface area contributed by atoms with Gasteiger partial charge in [-0.3, -0.25) is 9.59 Å². The van der Waals surface area contributed by atoms with Crippen molar-refractivity contribution in [3.63, 3.8) is 0 Å². The first-order valence-electron chi connectivity index (χ1n) is 9.25. The van der Waals surface area contributed by atoms with E-state index in [9.17, 15) is 9.59 Å². The second kappa shape index (κ2) is 7.78. The summed E-state index contributed by atoms with van der Waals surface area (Å²) in [4.78, 5) is 31.4. The number of amides is 2. The van der Waals surface area contributed by atoms with Crippen LogP contribution < -0.4 is 11.1 Å². The molecule has 3 N–H and O–H groups in total. The van der Waals surface area contributed by atoms with Crippen molar-refractivity contribution in [1.82, 2.24) is 9.88 Å². The first-order chi connectivity index (χ1) is 12.9. The van der Waals surface area contributed by atoms with Crippen molar-refractivity contribution in [1.29, 1.82) is 0 Å². The summed E-state index contributed by atoms with van der Waals surface area (Å²) in [5.41, 5.74) is 7.99. The van der Waals surface area contributed by atoms with Crippen LogP contribution in [0.5, 0.6) is 0 Å². The lowest BCUT2D eigenvalue weighted by Crippen LogP contribution is -2.49. The SMILES string of the molecule is Cc1cc(NC(=O)C(=O)N2CC(C)CC(C)C2c2ccccc2)cnc1N. The summed E-state index contributed by atoms with van der Waals surface area (Å²) >= 11 is 0. The van der Waals surface area contributed by atoms with Crippen LogP contribution in [0.4, 0.5) is 11.5 Å². The number of pyridine rings is 1. The van der Waals surface area contributed by atoms with Crippen molar-refractivity contribution in [2.24, 2.45) is 11.8 Å². The van der Waals surface area contributed by atoms with Gasteiger partial charge in [-0.2, -0.15) is 0 Å². The predicted molar refractivity (Wildman–Crippen MR) is 106 cm³/mol. The third-order valence-corrected chi connectivity index (χ3v) is 5.13. The fourth-order valence-electron chi connectivity index (χ4n) is 3.93. The van der Waals surface area contributed by atoms with E-state index in [-0.39, 0.29) is 12.0 Å². The Labute approximate surface area is 159 Å². The van der Waals surface area contributed by atoms with Gasteiger partial charge in [0.05, 0.1) is 17.9 Å². The standard InChI is InChI=1S/C21H26N4O2/c1-13-9-14(2)18(16-7-5-4-6-8-16)25(12-13)21(27)20(26)24-17-10-15(3)19(22)23-11-17/h4-8,10-11,13-14,18H,9,12H2,1-3H3,(H2,22,23)(H,24,26). The minimum absolute atomic E-state index is 0.105. The first kappa shape index (κ1) is 18.9. The maximum Gasteiger partial charge on any atom is 0.313 e. The van der Waals surface area contributed by atoms with Gasteiger partial charge in [0.2, 0.25) is 0 Å². The topological polar surface area (TPSA) is 88.3 Å². The van der Waals surface area contributed by atoms with Gasteiger partial charge in [0.15, 0.2) is 0 Å². The van der Waals surface area contributed by atoms with E-state index in [1.54, 1.807) is 17.9 Å². The minimum Gasteiger partial charge on any atom is -0.383 e. The van der Waals surface area contributed by atoms with E-state index >= 15 is 0 Å². The number of nitrogens with one attached hydrogen (secondary N) is 1. The average molecular weight is 366 g/mol. The summed E-state index contributed by atoms with van der Waals surface area (Å²) in [6, 6.07) is 11.5. The molecular formula is C21H26N4O2. The van der Waals surface area contributed by atoms with E-state index in [1.165, 1.54) is 6.20 Å². The van der Waals surface area contributed by atoms with E-state index < -0.39 is 11.8 Å². The maximum atomic E-state index is 13.0. The Kier molecular flexibility index (Phi) is 5.44. The minimum atomic E-state index is -0.650. The number of piperidine rings is 1. The predicted octanol–water partition coefficient (Wildman–Crippen LogP) is 3.16. The molecular weight excluding hydrogens is 340 g/mol. The Bertz CT molecular complexity index is 837. The van der Waals surface area contributed by atoms with Crippen LogP contribution in [0, 0.1) is 18.8 Å². The van der Waals surface area contributed by atoms with Crippen LogP contribution >= 0.6 is 0 Å². The van der Waals surface area contributed by atoms with Crippen LogP contribution in [0.25, 0.3) is 0 Å². The largest absolute Gasteiger partial charge is 0.383 e. The van der Waals surface area contributed by atoms with E-state index in [2.05, 4.69) is 24.1 Å². The third kappa shape index (κ3) is 4.10. The Morgan fingerprint density at radius 1 is 1.22 bits per heavy atom. The highest BCUT2D eigenvalue weighted by molar-refractivity contribution is 6.39. The lowest BCUT2D eigenvalue weighted by atomic mass is 9.81. The molecule has 2 aromatic rings. The summed E-state index contributed by atoms with van der Waals surface area (Å²) in [6.07, 6.45) is 2.48. The van der Waals surface area contributed by atoms with Gasteiger partial charge in [-0.15, -0.1) is 0 Å².